The summed E-state index contributed by atoms with van der Waals surface area (Å²) in [6, 6.07) is 0. The molecule has 1 aromatic heterocycles. The highest BCUT2D eigenvalue weighted by Gasteiger charge is 2.20. The van der Waals surface area contributed by atoms with E-state index in [1.807, 2.05) is 27.7 Å². The second-order valence-electron chi connectivity index (χ2n) is 5.24. The number of pyridine rings is 1. The normalized spacial score (nSPS) is 11.2. The third kappa shape index (κ3) is 4.29. The third-order valence-corrected chi connectivity index (χ3v) is 3.17. The highest BCUT2D eigenvalue weighted by atomic mass is 79.9. The quantitative estimate of drug-likeness (QED) is 0.838. The largest absolute Gasteiger partial charge is 0.444 e. The fourth-order valence-electron chi connectivity index (χ4n) is 1.36. The fourth-order valence-corrected chi connectivity index (χ4v) is 1.73. The van der Waals surface area contributed by atoms with Gasteiger partial charge in [0, 0.05) is 23.9 Å². The van der Waals surface area contributed by atoms with Crippen molar-refractivity contribution in [1.82, 2.24) is 9.88 Å². The van der Waals surface area contributed by atoms with Gasteiger partial charge in [0.05, 0.1) is 6.54 Å². The summed E-state index contributed by atoms with van der Waals surface area (Å²) >= 11 is 3.42. The zero-order valence-electron chi connectivity index (χ0n) is 11.5. The molecule has 0 N–H and O–H groups in total. The highest BCUT2D eigenvalue weighted by molar-refractivity contribution is 9.10. The van der Waals surface area contributed by atoms with Gasteiger partial charge in [0.1, 0.15) is 5.60 Å². The van der Waals surface area contributed by atoms with Crippen LogP contribution < -0.4 is 0 Å². The van der Waals surface area contributed by atoms with Crippen molar-refractivity contribution in [3.05, 3.63) is 28.0 Å². The summed E-state index contributed by atoms with van der Waals surface area (Å²) in [5.74, 6) is 0. The van der Waals surface area contributed by atoms with Crippen molar-refractivity contribution in [1.29, 1.82) is 0 Å². The van der Waals surface area contributed by atoms with E-state index in [9.17, 15) is 4.79 Å². The molecule has 0 aromatic carbocycles. The van der Waals surface area contributed by atoms with E-state index in [0.29, 0.717) is 6.54 Å². The molecule has 1 heterocycles. The summed E-state index contributed by atoms with van der Waals surface area (Å²) in [6.45, 7) is 8.02. The number of amides is 1. The lowest BCUT2D eigenvalue weighted by atomic mass is 10.1. The molecule has 100 valence electrons. The van der Waals surface area contributed by atoms with Gasteiger partial charge in [-0.2, -0.15) is 0 Å². The Bertz CT molecular complexity index is 441. The van der Waals surface area contributed by atoms with E-state index in [-0.39, 0.29) is 6.09 Å². The van der Waals surface area contributed by atoms with Crippen LogP contribution in [0.4, 0.5) is 4.79 Å². The number of ether oxygens (including phenoxy) is 1. The van der Waals surface area contributed by atoms with Crippen LogP contribution in [-0.4, -0.2) is 28.6 Å². The molecule has 18 heavy (non-hydrogen) atoms. The molecule has 0 saturated heterocycles. The van der Waals surface area contributed by atoms with Gasteiger partial charge < -0.3 is 9.64 Å². The monoisotopic (exact) mass is 314 g/mol. The average molecular weight is 315 g/mol. The molecule has 0 unspecified atom stereocenters. The molecule has 1 amide bonds. The number of hydrogen-bond acceptors (Lipinski definition) is 3. The molecule has 0 atom stereocenters. The molecule has 0 spiro atoms. The molecule has 0 fully saturated rings. The SMILES string of the molecule is Cc1c(Br)cncc1CN(C)C(=O)OC(C)(C)C. The van der Waals surface area contributed by atoms with Crippen molar-refractivity contribution < 1.29 is 9.53 Å². The third-order valence-electron chi connectivity index (χ3n) is 2.37. The summed E-state index contributed by atoms with van der Waals surface area (Å²) in [4.78, 5) is 17.5. The van der Waals surface area contributed by atoms with Gasteiger partial charge in [-0.25, -0.2) is 4.79 Å². The van der Waals surface area contributed by atoms with Crippen LogP contribution in [0.1, 0.15) is 31.9 Å². The Labute approximate surface area is 116 Å². The van der Waals surface area contributed by atoms with Crippen molar-refractivity contribution in [3.8, 4) is 0 Å². The van der Waals surface area contributed by atoms with Crippen molar-refractivity contribution in [2.24, 2.45) is 0 Å². The van der Waals surface area contributed by atoms with E-state index < -0.39 is 5.60 Å². The standard InChI is InChI=1S/C13H19BrN2O2/c1-9-10(6-15-7-11(9)14)8-16(5)12(17)18-13(2,3)4/h6-7H,8H2,1-5H3. The van der Waals surface area contributed by atoms with E-state index >= 15 is 0 Å². The lowest BCUT2D eigenvalue weighted by Crippen LogP contribution is -2.34. The van der Waals surface area contributed by atoms with Gasteiger partial charge in [0.2, 0.25) is 0 Å². The topological polar surface area (TPSA) is 42.4 Å². The maximum atomic E-state index is 11.8. The molecule has 4 nitrogen and oxygen atoms in total. The van der Waals surface area contributed by atoms with Gasteiger partial charge >= 0.3 is 6.09 Å². The van der Waals surface area contributed by atoms with E-state index in [2.05, 4.69) is 20.9 Å². The minimum absolute atomic E-state index is 0.332. The molecule has 0 radical (unpaired) electrons. The average Bonchev–Trinajstić information content (AvgIpc) is 2.22. The second kappa shape index (κ2) is 5.69. The first-order chi connectivity index (χ1) is 8.20. The van der Waals surface area contributed by atoms with E-state index in [0.717, 1.165) is 15.6 Å². The Morgan fingerprint density at radius 1 is 1.44 bits per heavy atom. The number of rotatable bonds is 2. The maximum Gasteiger partial charge on any atom is 0.410 e. The number of nitrogens with zero attached hydrogens (tertiary/aromatic N) is 2. The highest BCUT2D eigenvalue weighted by Crippen LogP contribution is 2.19. The van der Waals surface area contributed by atoms with Gasteiger partial charge in [0.15, 0.2) is 0 Å². The van der Waals surface area contributed by atoms with Crippen molar-refractivity contribution >= 4 is 22.0 Å². The summed E-state index contributed by atoms with van der Waals surface area (Å²) in [5, 5.41) is 0. The number of hydrogen-bond donors (Lipinski definition) is 0. The minimum atomic E-state index is -0.476. The fraction of sp³-hybridized carbons (Fsp3) is 0.538. The summed E-state index contributed by atoms with van der Waals surface area (Å²) < 4.78 is 6.24. The summed E-state index contributed by atoms with van der Waals surface area (Å²) in [6.07, 6.45) is 3.18. The Morgan fingerprint density at radius 3 is 2.61 bits per heavy atom. The van der Waals surface area contributed by atoms with Gasteiger partial charge in [0.25, 0.3) is 0 Å². The van der Waals surface area contributed by atoms with Crippen LogP contribution >= 0.6 is 15.9 Å². The van der Waals surface area contributed by atoms with E-state index in [1.165, 1.54) is 0 Å². The van der Waals surface area contributed by atoms with Crippen molar-refractivity contribution in [2.75, 3.05) is 7.05 Å². The van der Waals surface area contributed by atoms with Crippen molar-refractivity contribution in [2.45, 2.75) is 39.8 Å². The van der Waals surface area contributed by atoms with Crippen LogP contribution in [0, 0.1) is 6.92 Å². The molecular weight excluding hydrogens is 296 g/mol. The van der Waals surface area contributed by atoms with Crippen LogP contribution in [0.25, 0.3) is 0 Å². The molecule has 0 aliphatic heterocycles. The molecule has 1 rings (SSSR count). The molecule has 0 aliphatic carbocycles. The lowest BCUT2D eigenvalue weighted by molar-refractivity contribution is 0.0285. The van der Waals surface area contributed by atoms with E-state index in [4.69, 9.17) is 4.74 Å². The van der Waals surface area contributed by atoms with Crippen LogP contribution in [0.15, 0.2) is 16.9 Å². The van der Waals surface area contributed by atoms with Crippen LogP contribution in [-0.2, 0) is 11.3 Å². The van der Waals surface area contributed by atoms with Gasteiger partial charge in [-0.1, -0.05) is 0 Å². The number of aromatic nitrogens is 1. The van der Waals surface area contributed by atoms with Crippen LogP contribution in [0.2, 0.25) is 0 Å². The zero-order chi connectivity index (χ0) is 13.9. The Morgan fingerprint density at radius 2 is 2.06 bits per heavy atom. The van der Waals surface area contributed by atoms with Gasteiger partial charge in [-0.3, -0.25) is 4.98 Å². The molecule has 0 bridgehead atoms. The van der Waals surface area contributed by atoms with Crippen molar-refractivity contribution in [3.63, 3.8) is 0 Å². The number of halogens is 1. The summed E-state index contributed by atoms with van der Waals surface area (Å²) in [5.41, 5.74) is 1.61. The minimum Gasteiger partial charge on any atom is -0.444 e. The molecule has 5 heteroatoms. The summed E-state index contributed by atoms with van der Waals surface area (Å²) in [7, 11) is 1.72. The Kier molecular flexibility index (Phi) is 4.73. The lowest BCUT2D eigenvalue weighted by Gasteiger charge is -2.25. The smallest absolute Gasteiger partial charge is 0.410 e. The van der Waals surface area contributed by atoms with Gasteiger partial charge in [-0.05, 0) is 54.8 Å². The predicted octanol–water partition coefficient (Wildman–Crippen LogP) is 3.52. The Hall–Kier alpha value is -1.10. The number of carbonyl (C=O) groups excluding carboxylic acids is 1. The van der Waals surface area contributed by atoms with Gasteiger partial charge in [-0.15, -0.1) is 0 Å². The van der Waals surface area contributed by atoms with Crippen LogP contribution in [0.5, 0.6) is 0 Å². The molecular formula is C13H19BrN2O2. The van der Waals surface area contributed by atoms with E-state index in [1.54, 1.807) is 24.3 Å². The Balaban J connectivity index is 2.73. The molecule has 1 aromatic rings. The second-order valence-corrected chi connectivity index (χ2v) is 6.10. The predicted molar refractivity (Wildman–Crippen MR) is 74.4 cm³/mol. The molecule has 0 saturated carbocycles. The zero-order valence-corrected chi connectivity index (χ0v) is 13.0. The first-order valence-electron chi connectivity index (χ1n) is 5.74. The first-order valence-corrected chi connectivity index (χ1v) is 6.53. The number of carbonyl (C=O) groups is 1. The molecule has 0 aliphatic rings. The first kappa shape index (κ1) is 15.0. The maximum absolute atomic E-state index is 11.8. The van der Waals surface area contributed by atoms with Crippen LogP contribution in [0.3, 0.4) is 0 Å².